The molecule has 0 N–H and O–H groups in total. The molecule has 222 valence electrons. The van der Waals surface area contributed by atoms with Crippen LogP contribution in [-0.4, -0.2) is 9.13 Å². The summed E-state index contributed by atoms with van der Waals surface area (Å²) < 4.78 is 5.21. The van der Waals surface area contributed by atoms with Crippen LogP contribution in [-0.2, 0) is 0 Å². The fraction of sp³-hybridized carbons (Fsp3) is 0.182. The minimum absolute atomic E-state index is 0.442. The average Bonchev–Trinajstić information content (AvgIpc) is 3.63. The van der Waals surface area contributed by atoms with Gasteiger partial charge in [-0.15, -0.1) is 0 Å². The van der Waals surface area contributed by atoms with E-state index in [4.69, 9.17) is 0 Å². The summed E-state index contributed by atoms with van der Waals surface area (Å²) in [7, 11) is 0. The number of para-hydroxylation sites is 1. The van der Waals surface area contributed by atoms with Crippen LogP contribution in [0.2, 0.25) is 0 Å². The van der Waals surface area contributed by atoms with E-state index in [1.165, 1.54) is 96.0 Å². The van der Waals surface area contributed by atoms with E-state index in [-0.39, 0.29) is 0 Å². The first-order valence-electron chi connectivity index (χ1n) is 17.0. The van der Waals surface area contributed by atoms with Gasteiger partial charge in [-0.1, -0.05) is 103 Å². The van der Waals surface area contributed by atoms with Gasteiger partial charge in [0.05, 0.1) is 22.1 Å². The van der Waals surface area contributed by atoms with Crippen molar-refractivity contribution in [1.82, 2.24) is 9.13 Å². The van der Waals surface area contributed by atoms with E-state index in [1.807, 2.05) is 0 Å². The molecule has 0 spiro atoms. The van der Waals surface area contributed by atoms with Crippen molar-refractivity contribution < 1.29 is 0 Å². The molecule has 5 aromatic carbocycles. The molecule has 2 unspecified atom stereocenters. The number of allylic oxidation sites excluding steroid dienone is 8. The van der Waals surface area contributed by atoms with Gasteiger partial charge >= 0.3 is 0 Å². The fourth-order valence-corrected chi connectivity index (χ4v) is 8.82. The van der Waals surface area contributed by atoms with Crippen LogP contribution in [0.25, 0.3) is 65.6 Å². The lowest BCUT2D eigenvalue weighted by atomic mass is 9.79. The highest BCUT2D eigenvalue weighted by Gasteiger charge is 2.24. The number of nitrogens with zero attached hydrogens (tertiary/aromatic N) is 2. The van der Waals surface area contributed by atoms with Crippen LogP contribution < -0.4 is 0 Å². The van der Waals surface area contributed by atoms with Gasteiger partial charge in [0.25, 0.3) is 0 Å². The van der Waals surface area contributed by atoms with Crippen molar-refractivity contribution in [2.45, 2.75) is 44.6 Å². The lowest BCUT2D eigenvalue weighted by molar-refractivity contribution is 0.486. The molecular weight excluding hydrogens is 556 g/mol. The van der Waals surface area contributed by atoms with Gasteiger partial charge in [-0.3, -0.25) is 0 Å². The molecule has 3 aliphatic carbocycles. The number of aromatic nitrogens is 2. The second kappa shape index (κ2) is 10.2. The molecule has 0 fully saturated rings. The molecule has 7 aromatic rings. The Morgan fingerprint density at radius 1 is 0.543 bits per heavy atom. The lowest BCUT2D eigenvalue weighted by Gasteiger charge is -2.26. The first-order chi connectivity index (χ1) is 22.8. The Labute approximate surface area is 269 Å². The van der Waals surface area contributed by atoms with Crippen molar-refractivity contribution in [2.24, 2.45) is 5.92 Å². The zero-order valence-electron chi connectivity index (χ0n) is 26.0. The number of benzene rings is 5. The van der Waals surface area contributed by atoms with Crippen molar-refractivity contribution >= 4 is 60.0 Å². The minimum Gasteiger partial charge on any atom is -0.336 e. The number of hydrogen-bond acceptors (Lipinski definition) is 0. The quantitative estimate of drug-likeness (QED) is 0.181. The lowest BCUT2D eigenvalue weighted by Crippen LogP contribution is -2.10. The largest absolute Gasteiger partial charge is 0.336 e. The molecule has 46 heavy (non-hydrogen) atoms. The van der Waals surface area contributed by atoms with Crippen LogP contribution >= 0.6 is 0 Å². The van der Waals surface area contributed by atoms with Gasteiger partial charge in [0.15, 0.2) is 0 Å². The number of hydrogen-bond donors (Lipinski definition) is 0. The average molecular weight is 593 g/mol. The number of fused-ring (bicyclic) bond motifs is 9. The zero-order valence-corrected chi connectivity index (χ0v) is 26.0. The van der Waals surface area contributed by atoms with Crippen molar-refractivity contribution in [3.8, 4) is 5.69 Å². The molecule has 0 aliphatic heterocycles. The van der Waals surface area contributed by atoms with Gasteiger partial charge < -0.3 is 9.13 Å². The van der Waals surface area contributed by atoms with E-state index in [2.05, 4.69) is 143 Å². The Hall–Kier alpha value is -5.08. The molecule has 0 saturated heterocycles. The van der Waals surface area contributed by atoms with Crippen LogP contribution in [0.3, 0.4) is 0 Å². The molecule has 2 heteroatoms. The van der Waals surface area contributed by atoms with Crippen LogP contribution in [0.5, 0.6) is 0 Å². The van der Waals surface area contributed by atoms with Gasteiger partial charge in [-0.05, 0) is 96.9 Å². The highest BCUT2D eigenvalue weighted by Crippen LogP contribution is 2.44. The van der Waals surface area contributed by atoms with E-state index in [0.29, 0.717) is 12.0 Å². The first kappa shape index (κ1) is 26.2. The zero-order chi connectivity index (χ0) is 30.2. The van der Waals surface area contributed by atoms with E-state index < -0.39 is 0 Å². The van der Waals surface area contributed by atoms with E-state index in [1.54, 1.807) is 0 Å². The first-order valence-corrected chi connectivity index (χ1v) is 17.0. The van der Waals surface area contributed by atoms with Crippen molar-refractivity contribution in [3.05, 3.63) is 145 Å². The van der Waals surface area contributed by atoms with Crippen molar-refractivity contribution in [3.63, 3.8) is 0 Å². The summed E-state index contributed by atoms with van der Waals surface area (Å²) in [5.41, 5.74) is 10.7. The van der Waals surface area contributed by atoms with E-state index >= 15 is 0 Å². The summed E-state index contributed by atoms with van der Waals surface area (Å²) in [5, 5.41) is 8.00. The normalized spacial score (nSPS) is 19.7. The molecule has 0 radical (unpaired) electrons. The molecule has 3 aliphatic rings. The molecule has 2 atom stereocenters. The third-order valence-corrected chi connectivity index (χ3v) is 10.9. The molecule has 2 heterocycles. The van der Waals surface area contributed by atoms with E-state index in [0.717, 1.165) is 19.3 Å². The summed E-state index contributed by atoms with van der Waals surface area (Å²) in [6.07, 6.45) is 21.2. The smallest absolute Gasteiger partial charge is 0.0573 e. The second-order valence-electron chi connectivity index (χ2n) is 13.5. The standard InChI is InChI=1S/C44H36N2/c1-2-16-32(17-3-1)46-43-28-42-39(27-40(43)38-25-24-30-13-5-7-20-36(30)44(38)46)37-21-8-9-23-41(37)45(42)33-18-10-15-31(26-33)35-22-11-14-29-12-4-6-19-34(29)35/h1-2,5-11,13,15,18-29,32H,3-4,12,14,16-17H2. The van der Waals surface area contributed by atoms with Gasteiger partial charge in [-0.25, -0.2) is 0 Å². The summed E-state index contributed by atoms with van der Waals surface area (Å²) in [5.74, 6) is 0.641. The maximum absolute atomic E-state index is 2.70. The third-order valence-electron chi connectivity index (χ3n) is 10.9. The maximum Gasteiger partial charge on any atom is 0.0573 e. The third kappa shape index (κ3) is 3.83. The topological polar surface area (TPSA) is 9.86 Å². The predicted octanol–water partition coefficient (Wildman–Crippen LogP) is 12.0. The number of rotatable bonds is 3. The highest BCUT2D eigenvalue weighted by molar-refractivity contribution is 6.22. The van der Waals surface area contributed by atoms with Crippen LogP contribution in [0.1, 0.15) is 50.1 Å². The molecule has 0 bridgehead atoms. The molecule has 0 saturated carbocycles. The van der Waals surface area contributed by atoms with Crippen LogP contribution in [0.15, 0.2) is 139 Å². The maximum atomic E-state index is 2.70. The van der Waals surface area contributed by atoms with E-state index in [9.17, 15) is 0 Å². The fourth-order valence-electron chi connectivity index (χ4n) is 8.82. The monoisotopic (exact) mass is 592 g/mol. The van der Waals surface area contributed by atoms with Crippen LogP contribution in [0, 0.1) is 5.92 Å². The Balaban J connectivity index is 1.28. The molecule has 2 aromatic heterocycles. The molecule has 0 amide bonds. The Morgan fingerprint density at radius 2 is 1.41 bits per heavy atom. The Bertz CT molecular complexity index is 2490. The summed E-state index contributed by atoms with van der Waals surface area (Å²) in [6.45, 7) is 0. The Kier molecular flexibility index (Phi) is 5.81. The van der Waals surface area contributed by atoms with Crippen molar-refractivity contribution in [1.29, 1.82) is 0 Å². The van der Waals surface area contributed by atoms with Crippen LogP contribution in [0.4, 0.5) is 0 Å². The SMILES string of the molecule is C1=CC2=C(c3cccc(-n4c5ccccc5c5cc6c7ccc8ccccc8c7n(C7CC=CCC7)c6cc54)c3)C=CCC2CC1. The minimum atomic E-state index is 0.442. The van der Waals surface area contributed by atoms with Gasteiger partial charge in [0.1, 0.15) is 0 Å². The molecular formula is C44H36N2. The molecule has 2 nitrogen and oxygen atoms in total. The summed E-state index contributed by atoms with van der Waals surface area (Å²) >= 11 is 0. The van der Waals surface area contributed by atoms with Gasteiger partial charge in [0, 0.05) is 38.7 Å². The van der Waals surface area contributed by atoms with Gasteiger partial charge in [-0.2, -0.15) is 0 Å². The van der Waals surface area contributed by atoms with Crippen molar-refractivity contribution in [2.75, 3.05) is 0 Å². The van der Waals surface area contributed by atoms with Gasteiger partial charge in [0.2, 0.25) is 0 Å². The molecule has 10 rings (SSSR count). The Morgan fingerprint density at radius 3 is 2.35 bits per heavy atom. The summed E-state index contributed by atoms with van der Waals surface area (Å²) in [4.78, 5) is 0. The second-order valence-corrected chi connectivity index (χ2v) is 13.5. The highest BCUT2D eigenvalue weighted by atomic mass is 15.0. The summed E-state index contributed by atoms with van der Waals surface area (Å²) in [6, 6.07) is 37.3. The predicted molar refractivity (Wildman–Crippen MR) is 196 cm³/mol.